The van der Waals surface area contributed by atoms with Crippen LogP contribution in [0.15, 0.2) is 88.1 Å². The molecule has 39 heavy (non-hydrogen) atoms. The zero-order chi connectivity index (χ0) is 27.5. The highest BCUT2D eigenvalue weighted by Crippen LogP contribution is 2.35. The van der Waals surface area contributed by atoms with E-state index in [1.807, 2.05) is 83.8 Å². The van der Waals surface area contributed by atoms with Gasteiger partial charge in [0.15, 0.2) is 0 Å². The third-order valence-electron chi connectivity index (χ3n) is 7.31. The molecule has 1 aromatic heterocycles. The molecule has 1 atom stereocenters. The molecule has 2 N–H and O–H groups in total. The van der Waals surface area contributed by atoms with Crippen LogP contribution in [0.4, 0.5) is 0 Å². The van der Waals surface area contributed by atoms with Gasteiger partial charge in [0, 0.05) is 34.1 Å². The number of nitrogens with zero attached hydrogens (tertiary/aromatic N) is 3. The van der Waals surface area contributed by atoms with Crippen molar-refractivity contribution < 1.29 is 4.79 Å². The van der Waals surface area contributed by atoms with Gasteiger partial charge in [-0.25, -0.2) is 4.98 Å². The van der Waals surface area contributed by atoms with Gasteiger partial charge in [-0.3, -0.25) is 14.2 Å². The molecule has 0 saturated carbocycles. The molecule has 0 saturated heterocycles. The van der Waals surface area contributed by atoms with Gasteiger partial charge in [-0.2, -0.15) is 0 Å². The van der Waals surface area contributed by atoms with E-state index in [0.717, 1.165) is 21.2 Å². The third kappa shape index (κ3) is 5.47. The Morgan fingerprint density at radius 2 is 1.72 bits per heavy atom. The molecule has 0 spiro atoms. The van der Waals surface area contributed by atoms with Gasteiger partial charge in [0.2, 0.25) is 0 Å². The van der Waals surface area contributed by atoms with Gasteiger partial charge < -0.3 is 10.6 Å². The summed E-state index contributed by atoms with van der Waals surface area (Å²) < 4.78 is 2.69. The van der Waals surface area contributed by atoms with E-state index in [2.05, 4.69) is 29.8 Å². The van der Waals surface area contributed by atoms with Crippen LogP contribution < -0.4 is 11.3 Å². The molecule has 0 bridgehead atoms. The molecule has 200 valence electrons. The van der Waals surface area contributed by atoms with Crippen molar-refractivity contribution >= 4 is 21.8 Å². The van der Waals surface area contributed by atoms with Crippen molar-refractivity contribution in [3.8, 4) is 11.4 Å². The predicted molar refractivity (Wildman–Crippen MR) is 159 cm³/mol. The zero-order valence-electron chi connectivity index (χ0n) is 22.3. The number of rotatable bonds is 9. The number of hydrogen-bond donors (Lipinski definition) is 1. The smallest absolute Gasteiger partial charge is 0.257 e. The van der Waals surface area contributed by atoms with E-state index in [1.54, 1.807) is 4.57 Å². The molecular formula is C32H33BrN4O2. The quantitative estimate of drug-likeness (QED) is 0.237. The highest BCUT2D eigenvalue weighted by Gasteiger charge is 2.34. The maximum Gasteiger partial charge on any atom is 0.257 e. The van der Waals surface area contributed by atoms with Crippen LogP contribution >= 0.6 is 15.9 Å². The number of amides is 1. The first kappa shape index (κ1) is 27.0. The Morgan fingerprint density at radius 3 is 2.41 bits per heavy atom. The minimum atomic E-state index is -0.405. The summed E-state index contributed by atoms with van der Waals surface area (Å²) in [4.78, 5) is 35.3. The highest BCUT2D eigenvalue weighted by atomic mass is 79.9. The number of nitrogens with two attached hydrogens (primary N) is 1. The Balaban J connectivity index is 1.70. The van der Waals surface area contributed by atoms with E-state index < -0.39 is 6.04 Å². The fraction of sp³-hybridized carbons (Fsp3) is 0.281. The number of halogens is 1. The van der Waals surface area contributed by atoms with Crippen LogP contribution in [0.2, 0.25) is 0 Å². The van der Waals surface area contributed by atoms with Crippen LogP contribution in [0.25, 0.3) is 11.4 Å². The third-order valence-corrected chi connectivity index (χ3v) is 7.84. The summed E-state index contributed by atoms with van der Waals surface area (Å²) in [7, 11) is 0. The maximum atomic E-state index is 14.2. The van der Waals surface area contributed by atoms with Gasteiger partial charge in [0.25, 0.3) is 11.5 Å². The summed E-state index contributed by atoms with van der Waals surface area (Å²) in [5.74, 6) is 0.578. The van der Waals surface area contributed by atoms with Gasteiger partial charge >= 0.3 is 0 Å². The topological polar surface area (TPSA) is 81.2 Å². The lowest BCUT2D eigenvalue weighted by Crippen LogP contribution is -2.41. The van der Waals surface area contributed by atoms with E-state index >= 15 is 0 Å². The highest BCUT2D eigenvalue weighted by molar-refractivity contribution is 9.10. The van der Waals surface area contributed by atoms with E-state index in [0.29, 0.717) is 55.1 Å². The average molecular weight is 586 g/mol. The molecule has 4 aromatic rings. The van der Waals surface area contributed by atoms with Crippen LogP contribution in [0.5, 0.6) is 0 Å². The van der Waals surface area contributed by atoms with Crippen molar-refractivity contribution in [2.24, 2.45) is 11.7 Å². The molecule has 0 aliphatic carbocycles. The maximum absolute atomic E-state index is 14.2. The van der Waals surface area contributed by atoms with Crippen molar-refractivity contribution in [3.63, 3.8) is 0 Å². The SMILES string of the molecule is CC(C)C(c1nc2n(c(=O)c1Cc1ccccc1)Cc1ccccc1-2)N(CCCN)C(=O)c1ccc(Br)cc1. The van der Waals surface area contributed by atoms with Gasteiger partial charge in [-0.15, -0.1) is 0 Å². The van der Waals surface area contributed by atoms with Crippen molar-refractivity contribution in [2.75, 3.05) is 13.1 Å². The summed E-state index contributed by atoms with van der Waals surface area (Å²) in [5, 5.41) is 0. The van der Waals surface area contributed by atoms with Gasteiger partial charge in [0.05, 0.1) is 18.3 Å². The Bertz CT molecular complexity index is 1530. The first-order valence-electron chi connectivity index (χ1n) is 13.4. The molecule has 1 amide bonds. The van der Waals surface area contributed by atoms with Gasteiger partial charge in [-0.1, -0.05) is 84.4 Å². The number of fused-ring (bicyclic) bond motifs is 3. The normalized spacial score (nSPS) is 12.7. The van der Waals surface area contributed by atoms with Crippen LogP contribution in [0.3, 0.4) is 0 Å². The van der Waals surface area contributed by atoms with Crippen molar-refractivity contribution in [3.05, 3.63) is 122 Å². The minimum Gasteiger partial charge on any atom is -0.330 e. The predicted octanol–water partition coefficient (Wildman–Crippen LogP) is 5.81. The molecule has 3 aromatic carbocycles. The first-order chi connectivity index (χ1) is 18.9. The number of aromatic nitrogens is 2. The molecule has 1 aliphatic rings. The number of hydrogen-bond acceptors (Lipinski definition) is 4. The second kappa shape index (κ2) is 11.7. The van der Waals surface area contributed by atoms with Crippen LogP contribution in [-0.4, -0.2) is 33.4 Å². The van der Waals surface area contributed by atoms with E-state index in [9.17, 15) is 9.59 Å². The van der Waals surface area contributed by atoms with Gasteiger partial charge in [-0.05, 0) is 54.3 Å². The van der Waals surface area contributed by atoms with Crippen molar-refractivity contribution in [2.45, 2.75) is 39.3 Å². The lowest BCUT2D eigenvalue weighted by molar-refractivity contribution is 0.0614. The molecule has 5 rings (SSSR count). The lowest BCUT2D eigenvalue weighted by Gasteiger charge is -2.35. The molecular weight excluding hydrogens is 552 g/mol. The van der Waals surface area contributed by atoms with Crippen LogP contribution in [-0.2, 0) is 13.0 Å². The number of carbonyl (C=O) groups is 1. The number of benzene rings is 3. The standard InChI is InChI=1S/C32H33BrN4O2/c1-21(2)29(36(18-8-17-34)31(38)23-13-15-25(33)16-14-23)28-27(19-22-9-4-3-5-10-22)32(39)37-20-24-11-6-7-12-26(24)30(37)35-28/h3-7,9-16,21,29H,8,17-20,34H2,1-2H3. The Hall–Kier alpha value is -3.55. The molecule has 6 nitrogen and oxygen atoms in total. The average Bonchev–Trinajstić information content (AvgIpc) is 3.32. The Morgan fingerprint density at radius 1 is 1.03 bits per heavy atom. The minimum absolute atomic E-state index is 0.00305. The molecule has 1 aliphatic heterocycles. The number of carbonyl (C=O) groups excluding carboxylic acids is 1. The fourth-order valence-corrected chi connectivity index (χ4v) is 5.69. The first-order valence-corrected chi connectivity index (χ1v) is 14.2. The summed E-state index contributed by atoms with van der Waals surface area (Å²) in [5.41, 5.74) is 10.9. The summed E-state index contributed by atoms with van der Waals surface area (Å²) in [6, 6.07) is 25.0. The molecule has 7 heteroatoms. The van der Waals surface area contributed by atoms with Crippen LogP contribution in [0, 0.1) is 5.92 Å². The largest absolute Gasteiger partial charge is 0.330 e. The summed E-state index contributed by atoms with van der Waals surface area (Å²) in [6.45, 7) is 5.60. The molecule has 1 unspecified atom stereocenters. The van der Waals surface area contributed by atoms with Crippen molar-refractivity contribution in [1.82, 2.24) is 14.5 Å². The van der Waals surface area contributed by atoms with Crippen molar-refractivity contribution in [1.29, 1.82) is 0 Å². The zero-order valence-corrected chi connectivity index (χ0v) is 23.9. The second-order valence-electron chi connectivity index (χ2n) is 10.3. The monoisotopic (exact) mass is 584 g/mol. The molecule has 2 heterocycles. The molecule has 0 radical (unpaired) electrons. The van der Waals surface area contributed by atoms with Crippen LogP contribution in [0.1, 0.15) is 59.1 Å². The Kier molecular flexibility index (Phi) is 8.10. The summed E-state index contributed by atoms with van der Waals surface area (Å²) >= 11 is 3.46. The lowest BCUT2D eigenvalue weighted by atomic mass is 9.92. The summed E-state index contributed by atoms with van der Waals surface area (Å²) in [6.07, 6.45) is 1.09. The van der Waals surface area contributed by atoms with E-state index in [4.69, 9.17) is 10.7 Å². The fourth-order valence-electron chi connectivity index (χ4n) is 5.43. The second-order valence-corrected chi connectivity index (χ2v) is 11.3. The molecule has 0 fully saturated rings. The van der Waals surface area contributed by atoms with E-state index in [-0.39, 0.29) is 17.4 Å². The van der Waals surface area contributed by atoms with E-state index in [1.165, 1.54) is 0 Å². The van der Waals surface area contributed by atoms with Gasteiger partial charge in [0.1, 0.15) is 5.82 Å². The Labute approximate surface area is 237 Å².